The van der Waals surface area contributed by atoms with Gasteiger partial charge >= 0.3 is 6.03 Å². The summed E-state index contributed by atoms with van der Waals surface area (Å²) in [5.41, 5.74) is -0.685. The Hall–Kier alpha value is -2.74. The van der Waals surface area contributed by atoms with Gasteiger partial charge in [0.1, 0.15) is 0 Å². The van der Waals surface area contributed by atoms with Crippen LogP contribution < -0.4 is 5.32 Å². The lowest BCUT2D eigenvalue weighted by Gasteiger charge is -2.41. The highest BCUT2D eigenvalue weighted by Gasteiger charge is 2.58. The van der Waals surface area contributed by atoms with E-state index in [0.29, 0.717) is 51.0 Å². The number of carbonyl (C=O) groups excluding carboxylic acids is 3. The number of nitrogens with zero attached hydrogens (tertiary/aromatic N) is 3. The second-order valence-corrected chi connectivity index (χ2v) is 11.2. The summed E-state index contributed by atoms with van der Waals surface area (Å²) in [7, 11) is 0. The number of amides is 4. The lowest BCUT2D eigenvalue weighted by atomic mass is 9.75. The summed E-state index contributed by atoms with van der Waals surface area (Å²) in [6.45, 7) is 7.67. The van der Waals surface area contributed by atoms with E-state index >= 15 is 0 Å². The van der Waals surface area contributed by atoms with Crippen LogP contribution in [0.15, 0.2) is 41.9 Å². The first kappa shape index (κ1) is 23.4. The fourth-order valence-corrected chi connectivity index (χ4v) is 5.56. The summed E-state index contributed by atoms with van der Waals surface area (Å²) in [6, 6.07) is 9.09. The van der Waals surface area contributed by atoms with Gasteiger partial charge in [-0.05, 0) is 48.3 Å². The number of thiophene rings is 1. The van der Waals surface area contributed by atoms with E-state index in [-0.39, 0.29) is 29.2 Å². The Morgan fingerprint density at radius 3 is 2.55 bits per heavy atom. The van der Waals surface area contributed by atoms with E-state index in [1.807, 2.05) is 34.5 Å². The zero-order valence-electron chi connectivity index (χ0n) is 19.5. The smallest absolute Gasteiger partial charge is 0.325 e. The molecule has 0 aliphatic carbocycles. The van der Waals surface area contributed by atoms with Crippen molar-refractivity contribution in [1.82, 2.24) is 20.1 Å². The van der Waals surface area contributed by atoms with Gasteiger partial charge in [-0.15, -0.1) is 11.3 Å². The Morgan fingerprint density at radius 2 is 1.94 bits per heavy atom. The van der Waals surface area contributed by atoms with Crippen LogP contribution in [-0.2, 0) is 21.5 Å². The number of hydrogen-bond donors (Lipinski definition) is 1. The molecule has 8 heteroatoms. The van der Waals surface area contributed by atoms with Crippen molar-refractivity contribution in [3.05, 3.63) is 52.5 Å². The monoisotopic (exact) mass is 468 g/mol. The third-order valence-electron chi connectivity index (χ3n) is 6.50. The van der Waals surface area contributed by atoms with Gasteiger partial charge in [0.15, 0.2) is 5.54 Å². The molecule has 1 atom stereocenters. The molecule has 2 fully saturated rings. The quantitative estimate of drug-likeness (QED) is 0.654. The molecule has 0 bridgehead atoms. The molecule has 0 aromatic carbocycles. The number of rotatable bonds is 6. The predicted molar refractivity (Wildman–Crippen MR) is 128 cm³/mol. The molecule has 4 rings (SSSR count). The van der Waals surface area contributed by atoms with Crippen molar-refractivity contribution in [1.29, 1.82) is 0 Å². The van der Waals surface area contributed by atoms with E-state index in [4.69, 9.17) is 0 Å². The molecule has 2 aliphatic rings. The van der Waals surface area contributed by atoms with Gasteiger partial charge < -0.3 is 10.2 Å². The van der Waals surface area contributed by atoms with Crippen LogP contribution in [-0.4, -0.2) is 52.3 Å². The van der Waals surface area contributed by atoms with Crippen LogP contribution in [0.3, 0.4) is 0 Å². The van der Waals surface area contributed by atoms with Crippen LogP contribution in [0.1, 0.15) is 50.6 Å². The van der Waals surface area contributed by atoms with Crippen LogP contribution in [0.2, 0.25) is 0 Å². The SMILES string of the molecule is CC(C)(C)CC(=O)N1CCC(C2(c3ccccn3)NC(=O)N(CCc3cccs3)C2=O)CC1. The summed E-state index contributed by atoms with van der Waals surface area (Å²) in [6.07, 6.45) is 4.06. The molecule has 2 saturated heterocycles. The highest BCUT2D eigenvalue weighted by molar-refractivity contribution is 7.09. The Labute approximate surface area is 199 Å². The third-order valence-corrected chi connectivity index (χ3v) is 7.44. The molecule has 0 saturated carbocycles. The Kier molecular flexibility index (Phi) is 6.56. The highest BCUT2D eigenvalue weighted by Crippen LogP contribution is 2.41. The van der Waals surface area contributed by atoms with Gasteiger partial charge in [0.05, 0.1) is 5.69 Å². The molecule has 2 aromatic rings. The number of imide groups is 1. The zero-order chi connectivity index (χ0) is 23.6. The van der Waals surface area contributed by atoms with Crippen molar-refractivity contribution in [2.45, 2.75) is 52.0 Å². The van der Waals surface area contributed by atoms with Crippen LogP contribution >= 0.6 is 11.3 Å². The zero-order valence-corrected chi connectivity index (χ0v) is 20.4. The van der Waals surface area contributed by atoms with Crippen molar-refractivity contribution >= 4 is 29.2 Å². The second kappa shape index (κ2) is 9.25. The van der Waals surface area contributed by atoms with Gasteiger partial charge in [-0.25, -0.2) is 4.79 Å². The lowest BCUT2D eigenvalue weighted by molar-refractivity contribution is -0.137. The average molecular weight is 469 g/mol. The van der Waals surface area contributed by atoms with Crippen LogP contribution in [0, 0.1) is 11.3 Å². The van der Waals surface area contributed by atoms with Gasteiger partial charge in [0.2, 0.25) is 5.91 Å². The first-order valence-electron chi connectivity index (χ1n) is 11.6. The van der Waals surface area contributed by atoms with E-state index in [1.165, 1.54) is 4.90 Å². The van der Waals surface area contributed by atoms with Crippen molar-refractivity contribution in [3.63, 3.8) is 0 Å². The van der Waals surface area contributed by atoms with Gasteiger partial charge in [-0.3, -0.25) is 19.5 Å². The van der Waals surface area contributed by atoms with Gasteiger partial charge in [0.25, 0.3) is 5.91 Å². The van der Waals surface area contributed by atoms with E-state index in [1.54, 1.807) is 23.6 Å². The van der Waals surface area contributed by atoms with Gasteiger partial charge in [-0.2, -0.15) is 0 Å². The summed E-state index contributed by atoms with van der Waals surface area (Å²) in [5, 5.41) is 5.03. The molecule has 2 aliphatic heterocycles. The van der Waals surface area contributed by atoms with E-state index in [0.717, 1.165) is 4.88 Å². The average Bonchev–Trinajstić information content (AvgIpc) is 3.39. The number of pyridine rings is 1. The molecule has 7 nitrogen and oxygen atoms in total. The molecule has 2 aromatic heterocycles. The summed E-state index contributed by atoms with van der Waals surface area (Å²) in [5.74, 6) is -0.219. The van der Waals surface area contributed by atoms with Crippen molar-refractivity contribution < 1.29 is 14.4 Å². The summed E-state index contributed by atoms with van der Waals surface area (Å²) < 4.78 is 0. The molecule has 0 radical (unpaired) electrons. The molecular weight excluding hydrogens is 436 g/mol. The maximum Gasteiger partial charge on any atom is 0.325 e. The Balaban J connectivity index is 1.55. The molecule has 1 N–H and O–H groups in total. The number of nitrogens with one attached hydrogen (secondary N) is 1. The number of likely N-dealkylation sites (tertiary alicyclic amines) is 1. The number of piperidine rings is 1. The van der Waals surface area contributed by atoms with Crippen LogP contribution in [0.5, 0.6) is 0 Å². The van der Waals surface area contributed by atoms with Gasteiger partial charge in [0, 0.05) is 43.0 Å². The second-order valence-electron chi connectivity index (χ2n) is 10.1. The molecule has 1 unspecified atom stereocenters. The minimum Gasteiger partial charge on any atom is -0.343 e. The fraction of sp³-hybridized carbons (Fsp3) is 0.520. The third kappa shape index (κ3) is 4.81. The summed E-state index contributed by atoms with van der Waals surface area (Å²) in [4.78, 5) is 48.4. The summed E-state index contributed by atoms with van der Waals surface area (Å²) >= 11 is 1.62. The number of urea groups is 1. The highest BCUT2D eigenvalue weighted by atomic mass is 32.1. The van der Waals surface area contributed by atoms with Crippen LogP contribution in [0.25, 0.3) is 0 Å². The number of hydrogen-bond acceptors (Lipinski definition) is 5. The molecule has 0 spiro atoms. The first-order valence-corrected chi connectivity index (χ1v) is 12.4. The molecule has 4 heterocycles. The molecule has 4 amide bonds. The topological polar surface area (TPSA) is 82.6 Å². The van der Waals surface area contributed by atoms with Crippen molar-refractivity contribution in [2.75, 3.05) is 19.6 Å². The van der Waals surface area contributed by atoms with E-state index in [9.17, 15) is 14.4 Å². The maximum absolute atomic E-state index is 13.8. The van der Waals surface area contributed by atoms with Crippen LogP contribution in [0.4, 0.5) is 4.79 Å². The lowest BCUT2D eigenvalue weighted by Crippen LogP contribution is -2.54. The molecule has 33 heavy (non-hydrogen) atoms. The standard InChI is InChI=1S/C25H32N4O3S/c1-24(2,3)17-21(30)28-13-9-18(10-14-28)25(20-8-4-5-12-26-20)22(31)29(23(32)27-25)15-11-19-7-6-16-33-19/h4-8,12,16,18H,9-11,13-15,17H2,1-3H3,(H,27,32). The first-order chi connectivity index (χ1) is 15.7. The minimum absolute atomic E-state index is 0.0679. The maximum atomic E-state index is 13.8. The number of carbonyl (C=O) groups is 3. The Morgan fingerprint density at radius 1 is 1.18 bits per heavy atom. The molecule has 176 valence electrons. The number of aromatic nitrogens is 1. The van der Waals surface area contributed by atoms with E-state index in [2.05, 4.69) is 31.1 Å². The normalized spacial score (nSPS) is 22.0. The Bertz CT molecular complexity index is 994. The largest absolute Gasteiger partial charge is 0.343 e. The van der Waals surface area contributed by atoms with Crippen molar-refractivity contribution in [3.8, 4) is 0 Å². The fourth-order valence-electron chi connectivity index (χ4n) is 4.86. The van der Waals surface area contributed by atoms with Crippen molar-refractivity contribution in [2.24, 2.45) is 11.3 Å². The minimum atomic E-state index is -1.19. The van der Waals surface area contributed by atoms with Gasteiger partial charge in [-0.1, -0.05) is 32.9 Å². The predicted octanol–water partition coefficient (Wildman–Crippen LogP) is 3.81. The molecular formula is C25H32N4O3S. The van der Waals surface area contributed by atoms with E-state index < -0.39 is 5.54 Å².